The summed E-state index contributed by atoms with van der Waals surface area (Å²) >= 11 is 0. The van der Waals surface area contributed by atoms with Gasteiger partial charge in [-0.2, -0.15) is 5.10 Å². The van der Waals surface area contributed by atoms with Gasteiger partial charge >= 0.3 is 0 Å². The van der Waals surface area contributed by atoms with E-state index in [0.717, 1.165) is 11.1 Å². The predicted octanol–water partition coefficient (Wildman–Crippen LogP) is 5.42. The number of amides is 1. The quantitative estimate of drug-likeness (QED) is 0.441. The summed E-state index contributed by atoms with van der Waals surface area (Å²) in [4.78, 5) is 15.0. The van der Waals surface area contributed by atoms with E-state index < -0.39 is 11.9 Å². The molecule has 166 valence electrons. The Morgan fingerprint density at radius 3 is 2.48 bits per heavy atom. The van der Waals surface area contributed by atoms with Gasteiger partial charge in [-0.15, -0.1) is 0 Å². The molecular formula is C26H21F2N3O2. The summed E-state index contributed by atoms with van der Waals surface area (Å²) < 4.78 is 28.4. The SMILES string of the molecule is Cc1cc(C)c(-c2n[nH]c3c2C(c2ccccc2F)N(Cc2ccc(F)cc2)C3=O)c(O)c1. The minimum atomic E-state index is -0.771. The molecule has 33 heavy (non-hydrogen) atoms. The van der Waals surface area contributed by atoms with E-state index in [-0.39, 0.29) is 29.7 Å². The maximum Gasteiger partial charge on any atom is 0.273 e. The van der Waals surface area contributed by atoms with Crippen LogP contribution in [0, 0.1) is 25.5 Å². The molecule has 1 unspecified atom stereocenters. The van der Waals surface area contributed by atoms with E-state index in [9.17, 15) is 14.3 Å². The molecule has 1 atom stereocenters. The third-order valence-electron chi connectivity index (χ3n) is 6.03. The highest BCUT2D eigenvalue weighted by Gasteiger charge is 2.43. The second-order valence-electron chi connectivity index (χ2n) is 8.32. The Labute approximate surface area is 189 Å². The zero-order chi connectivity index (χ0) is 23.3. The molecule has 5 rings (SSSR count). The molecule has 0 saturated heterocycles. The van der Waals surface area contributed by atoms with Crippen LogP contribution in [0.1, 0.15) is 44.3 Å². The van der Waals surface area contributed by atoms with Crippen LogP contribution in [0.15, 0.2) is 60.7 Å². The number of carbonyl (C=O) groups is 1. The number of hydrogen-bond donors (Lipinski definition) is 2. The number of aromatic nitrogens is 2. The Morgan fingerprint density at radius 1 is 1.06 bits per heavy atom. The van der Waals surface area contributed by atoms with Crippen molar-refractivity contribution in [2.45, 2.75) is 26.4 Å². The van der Waals surface area contributed by atoms with Gasteiger partial charge in [0.25, 0.3) is 5.91 Å². The van der Waals surface area contributed by atoms with Crippen LogP contribution >= 0.6 is 0 Å². The third kappa shape index (κ3) is 3.46. The topological polar surface area (TPSA) is 69.2 Å². The summed E-state index contributed by atoms with van der Waals surface area (Å²) in [6, 6.07) is 14.9. The first-order valence-corrected chi connectivity index (χ1v) is 10.5. The number of phenolic OH excluding ortho intramolecular Hbond substituents is 1. The first-order valence-electron chi connectivity index (χ1n) is 10.5. The molecule has 0 aliphatic carbocycles. The van der Waals surface area contributed by atoms with Crippen molar-refractivity contribution in [3.8, 4) is 17.0 Å². The minimum Gasteiger partial charge on any atom is -0.507 e. The van der Waals surface area contributed by atoms with Gasteiger partial charge < -0.3 is 10.0 Å². The van der Waals surface area contributed by atoms with Gasteiger partial charge in [0.05, 0.1) is 6.04 Å². The molecule has 5 nitrogen and oxygen atoms in total. The number of H-pyrrole nitrogens is 1. The van der Waals surface area contributed by atoms with Gasteiger partial charge in [0.1, 0.15) is 28.8 Å². The summed E-state index contributed by atoms with van der Waals surface area (Å²) in [6.07, 6.45) is 0. The molecule has 1 aliphatic heterocycles. The van der Waals surface area contributed by atoms with Crippen LogP contribution in [-0.2, 0) is 6.54 Å². The number of nitrogens with zero attached hydrogens (tertiary/aromatic N) is 2. The lowest BCUT2D eigenvalue weighted by atomic mass is 9.93. The molecule has 3 aromatic carbocycles. The smallest absolute Gasteiger partial charge is 0.273 e. The molecule has 2 N–H and O–H groups in total. The summed E-state index contributed by atoms with van der Waals surface area (Å²) in [6.45, 7) is 3.88. The number of phenols is 1. The minimum absolute atomic E-state index is 0.0403. The third-order valence-corrected chi connectivity index (χ3v) is 6.03. The number of aryl methyl sites for hydroxylation is 2. The Hall–Kier alpha value is -4.00. The van der Waals surface area contributed by atoms with Crippen molar-refractivity contribution in [1.82, 2.24) is 15.1 Å². The van der Waals surface area contributed by atoms with E-state index in [2.05, 4.69) is 10.2 Å². The van der Waals surface area contributed by atoms with Gasteiger partial charge in [-0.3, -0.25) is 9.89 Å². The molecule has 0 bridgehead atoms. The van der Waals surface area contributed by atoms with Gasteiger partial charge in [0.2, 0.25) is 0 Å². The first kappa shape index (κ1) is 20.9. The molecule has 4 aromatic rings. The van der Waals surface area contributed by atoms with E-state index in [1.807, 2.05) is 19.9 Å². The van der Waals surface area contributed by atoms with Crippen molar-refractivity contribution >= 4 is 5.91 Å². The second-order valence-corrected chi connectivity index (χ2v) is 8.32. The number of carbonyl (C=O) groups excluding carboxylic acids is 1. The predicted molar refractivity (Wildman–Crippen MR) is 120 cm³/mol. The largest absolute Gasteiger partial charge is 0.507 e. The van der Waals surface area contributed by atoms with E-state index in [4.69, 9.17) is 0 Å². The van der Waals surface area contributed by atoms with Crippen molar-refractivity contribution in [3.05, 3.63) is 106 Å². The average Bonchev–Trinajstić information content (AvgIpc) is 3.29. The zero-order valence-electron chi connectivity index (χ0n) is 18.1. The number of fused-ring (bicyclic) bond motifs is 1. The van der Waals surface area contributed by atoms with E-state index >= 15 is 4.39 Å². The standard InChI is InChI=1S/C26H21F2N3O2/c1-14-11-15(2)21(20(32)12-14)23-22-24(30-29-23)26(33)31(13-16-7-9-17(27)10-8-16)25(22)18-5-3-4-6-19(18)28/h3-12,25,32H,13H2,1-2H3,(H,29,30). The van der Waals surface area contributed by atoms with E-state index in [0.29, 0.717) is 27.9 Å². The number of hydrogen-bond acceptors (Lipinski definition) is 3. The number of rotatable bonds is 4. The van der Waals surface area contributed by atoms with Crippen LogP contribution in [0.25, 0.3) is 11.3 Å². The van der Waals surface area contributed by atoms with Gasteiger partial charge in [-0.25, -0.2) is 8.78 Å². The molecule has 0 fully saturated rings. The molecule has 1 aliphatic rings. The molecule has 1 aromatic heterocycles. The maximum absolute atomic E-state index is 15.0. The Bertz CT molecular complexity index is 1360. The van der Waals surface area contributed by atoms with Gasteiger partial charge in [-0.1, -0.05) is 36.4 Å². The highest BCUT2D eigenvalue weighted by molar-refractivity contribution is 6.00. The van der Waals surface area contributed by atoms with Crippen LogP contribution in [0.3, 0.4) is 0 Å². The lowest BCUT2D eigenvalue weighted by Crippen LogP contribution is -2.29. The number of aromatic amines is 1. The fourth-order valence-electron chi connectivity index (χ4n) is 4.61. The van der Waals surface area contributed by atoms with Crippen LogP contribution in [-0.4, -0.2) is 26.1 Å². The lowest BCUT2D eigenvalue weighted by molar-refractivity contribution is 0.0728. The molecule has 7 heteroatoms. The van der Waals surface area contributed by atoms with Crippen molar-refractivity contribution in [1.29, 1.82) is 0 Å². The number of halogens is 2. The first-order chi connectivity index (χ1) is 15.8. The molecule has 2 heterocycles. The number of benzene rings is 3. The van der Waals surface area contributed by atoms with Crippen molar-refractivity contribution in [2.24, 2.45) is 0 Å². The molecule has 0 spiro atoms. The highest BCUT2D eigenvalue weighted by atomic mass is 19.1. The fraction of sp³-hybridized carbons (Fsp3) is 0.154. The van der Waals surface area contributed by atoms with E-state index in [1.54, 1.807) is 41.3 Å². The monoisotopic (exact) mass is 445 g/mol. The average molecular weight is 445 g/mol. The second kappa shape index (κ2) is 7.85. The molecular weight excluding hydrogens is 424 g/mol. The van der Waals surface area contributed by atoms with Crippen LogP contribution in [0.4, 0.5) is 8.78 Å². The maximum atomic E-state index is 15.0. The van der Waals surface area contributed by atoms with Crippen LogP contribution in [0.5, 0.6) is 5.75 Å². The lowest BCUT2D eigenvalue weighted by Gasteiger charge is -2.27. The zero-order valence-corrected chi connectivity index (χ0v) is 18.1. The van der Waals surface area contributed by atoms with Crippen LogP contribution < -0.4 is 0 Å². The summed E-state index contributed by atoms with van der Waals surface area (Å²) in [5, 5.41) is 17.9. The molecule has 0 radical (unpaired) electrons. The van der Waals surface area contributed by atoms with Crippen LogP contribution in [0.2, 0.25) is 0 Å². The van der Waals surface area contributed by atoms with Gasteiger partial charge in [0, 0.05) is 23.2 Å². The molecule has 1 amide bonds. The van der Waals surface area contributed by atoms with Crippen molar-refractivity contribution < 1.29 is 18.7 Å². The number of aromatic hydroxyl groups is 1. The Morgan fingerprint density at radius 2 is 1.79 bits per heavy atom. The number of nitrogens with one attached hydrogen (secondary N) is 1. The summed E-state index contributed by atoms with van der Waals surface area (Å²) in [5.41, 5.74) is 4.37. The molecule has 0 saturated carbocycles. The normalized spacial score (nSPS) is 15.2. The Balaban J connectivity index is 1.70. The summed E-state index contributed by atoms with van der Waals surface area (Å²) in [7, 11) is 0. The van der Waals surface area contributed by atoms with Gasteiger partial charge in [0.15, 0.2) is 0 Å². The van der Waals surface area contributed by atoms with Crippen molar-refractivity contribution in [2.75, 3.05) is 0 Å². The van der Waals surface area contributed by atoms with Gasteiger partial charge in [-0.05, 0) is 54.8 Å². The van der Waals surface area contributed by atoms with E-state index in [1.165, 1.54) is 18.2 Å². The summed E-state index contributed by atoms with van der Waals surface area (Å²) in [5.74, 6) is -1.13. The Kier molecular flexibility index (Phi) is 4.96. The fourth-order valence-corrected chi connectivity index (χ4v) is 4.61. The highest BCUT2D eigenvalue weighted by Crippen LogP contribution is 2.46. The van der Waals surface area contributed by atoms with Crippen molar-refractivity contribution in [3.63, 3.8) is 0 Å².